The van der Waals surface area contributed by atoms with Gasteiger partial charge in [0, 0.05) is 0 Å². The molecule has 1 aromatic heterocycles. The highest BCUT2D eigenvalue weighted by molar-refractivity contribution is 14.1. The Balaban J connectivity index is 3.26. The highest BCUT2D eigenvalue weighted by atomic mass is 127. The monoisotopic (exact) mass is 274 g/mol. The molecule has 0 bridgehead atoms. The number of pyridine rings is 1. The lowest BCUT2D eigenvalue weighted by Crippen LogP contribution is -1.99. The molecule has 0 amide bonds. The van der Waals surface area contributed by atoms with Crippen LogP contribution in [0.5, 0.6) is 0 Å². The second kappa shape index (κ2) is 3.49. The van der Waals surface area contributed by atoms with Crippen LogP contribution >= 0.6 is 22.6 Å². The Bertz CT molecular complexity index is 370. The van der Waals surface area contributed by atoms with Gasteiger partial charge in [0.15, 0.2) is 0 Å². The average molecular weight is 274 g/mol. The molecule has 0 aliphatic carbocycles. The van der Waals surface area contributed by atoms with Crippen molar-refractivity contribution in [3.63, 3.8) is 0 Å². The summed E-state index contributed by atoms with van der Waals surface area (Å²) in [5.41, 5.74) is 0.213. The van der Waals surface area contributed by atoms with Gasteiger partial charge in [-0.15, -0.1) is 0 Å². The number of carboxylic acids is 1. The highest BCUT2D eigenvalue weighted by Crippen LogP contribution is 2.07. The summed E-state index contributed by atoms with van der Waals surface area (Å²) < 4.78 is 0.504. The molecule has 0 fully saturated rings. The Morgan fingerprint density at radius 2 is 2.33 bits per heavy atom. The Hall–Kier alpha value is -1.16. The molecule has 1 heterocycles. The average Bonchev–Trinajstić information content (AvgIpc) is 2.03. The molecule has 0 unspecified atom stereocenters. The van der Waals surface area contributed by atoms with Crippen LogP contribution in [0.15, 0.2) is 12.1 Å². The van der Waals surface area contributed by atoms with Crippen LogP contribution in [0.2, 0.25) is 0 Å². The Morgan fingerprint density at radius 3 is 2.83 bits per heavy atom. The van der Waals surface area contributed by atoms with Crippen LogP contribution in [0.3, 0.4) is 0 Å². The van der Waals surface area contributed by atoms with E-state index in [1.807, 2.05) is 22.6 Å². The summed E-state index contributed by atoms with van der Waals surface area (Å²) in [5.74, 6) is -1.05. The van der Waals surface area contributed by atoms with Crippen LogP contribution in [0.4, 0.5) is 0 Å². The first-order valence-electron chi connectivity index (χ1n) is 2.94. The van der Waals surface area contributed by atoms with Crippen LogP contribution in [0, 0.1) is 15.0 Å². The maximum atomic E-state index is 10.5. The number of hydrogen-bond acceptors (Lipinski definition) is 3. The van der Waals surface area contributed by atoms with E-state index in [0.717, 1.165) is 0 Å². The number of aromatic carboxylic acids is 1. The van der Waals surface area contributed by atoms with Gasteiger partial charge < -0.3 is 5.11 Å². The summed E-state index contributed by atoms with van der Waals surface area (Å²) in [6, 6.07) is 4.43. The Labute approximate surface area is 82.0 Å². The van der Waals surface area contributed by atoms with Crippen molar-refractivity contribution in [2.45, 2.75) is 0 Å². The number of carboxylic acid groups (broad SMARTS) is 1. The maximum Gasteiger partial charge on any atom is 0.335 e. The van der Waals surface area contributed by atoms with E-state index < -0.39 is 5.97 Å². The Morgan fingerprint density at radius 1 is 1.67 bits per heavy atom. The lowest BCUT2D eigenvalue weighted by Gasteiger charge is -1.95. The third-order valence-corrected chi connectivity index (χ3v) is 1.71. The van der Waals surface area contributed by atoms with Gasteiger partial charge in [-0.25, -0.2) is 9.78 Å². The van der Waals surface area contributed by atoms with E-state index in [4.69, 9.17) is 10.4 Å². The zero-order valence-electron chi connectivity index (χ0n) is 5.78. The first-order chi connectivity index (χ1) is 5.63. The quantitative estimate of drug-likeness (QED) is 0.618. The standard InChI is InChI=1S/C7H3IN2O2/c8-6-2-4(7(11)12)1-5(3-9)10-6/h1-2H,(H,11,12). The van der Waals surface area contributed by atoms with Crippen molar-refractivity contribution < 1.29 is 9.90 Å². The van der Waals surface area contributed by atoms with E-state index in [0.29, 0.717) is 3.70 Å². The largest absolute Gasteiger partial charge is 0.478 e. The second-order valence-electron chi connectivity index (χ2n) is 1.98. The highest BCUT2D eigenvalue weighted by Gasteiger charge is 2.05. The summed E-state index contributed by atoms with van der Waals surface area (Å²) >= 11 is 1.86. The number of nitriles is 1. The molecule has 1 aromatic rings. The lowest BCUT2D eigenvalue weighted by molar-refractivity contribution is 0.0696. The molecule has 0 saturated carbocycles. The van der Waals surface area contributed by atoms with Gasteiger partial charge in [-0.1, -0.05) is 0 Å². The van der Waals surface area contributed by atoms with E-state index in [1.54, 1.807) is 6.07 Å². The van der Waals surface area contributed by atoms with E-state index in [-0.39, 0.29) is 11.3 Å². The molecule has 0 spiro atoms. The van der Waals surface area contributed by atoms with Crippen molar-refractivity contribution >= 4 is 28.6 Å². The van der Waals surface area contributed by atoms with Crippen LogP contribution in [-0.4, -0.2) is 16.1 Å². The third kappa shape index (κ3) is 1.92. The van der Waals surface area contributed by atoms with Gasteiger partial charge in [0.2, 0.25) is 0 Å². The molecule has 0 saturated heterocycles. The molecular formula is C7H3IN2O2. The first kappa shape index (κ1) is 8.93. The molecule has 0 aliphatic heterocycles. The van der Waals surface area contributed by atoms with Crippen LogP contribution in [0.25, 0.3) is 0 Å². The minimum atomic E-state index is -1.05. The predicted octanol–water partition coefficient (Wildman–Crippen LogP) is 1.26. The molecule has 4 nitrogen and oxygen atoms in total. The van der Waals surface area contributed by atoms with Gasteiger partial charge in [-0.05, 0) is 34.7 Å². The fourth-order valence-corrected chi connectivity index (χ4v) is 1.27. The number of halogens is 1. The molecule has 60 valence electrons. The normalized spacial score (nSPS) is 9.00. The lowest BCUT2D eigenvalue weighted by atomic mass is 10.2. The van der Waals surface area contributed by atoms with Gasteiger partial charge in [-0.3, -0.25) is 0 Å². The van der Waals surface area contributed by atoms with Crippen molar-refractivity contribution in [2.75, 3.05) is 0 Å². The minimum Gasteiger partial charge on any atom is -0.478 e. The molecule has 0 radical (unpaired) electrons. The van der Waals surface area contributed by atoms with Crippen LogP contribution in [0.1, 0.15) is 16.1 Å². The van der Waals surface area contributed by atoms with Crippen LogP contribution in [-0.2, 0) is 0 Å². The van der Waals surface area contributed by atoms with Crippen molar-refractivity contribution in [2.24, 2.45) is 0 Å². The zero-order chi connectivity index (χ0) is 9.14. The summed E-state index contributed by atoms with van der Waals surface area (Å²) in [7, 11) is 0. The fourth-order valence-electron chi connectivity index (χ4n) is 0.678. The van der Waals surface area contributed by atoms with E-state index >= 15 is 0 Å². The van der Waals surface area contributed by atoms with Crippen molar-refractivity contribution in [3.05, 3.63) is 27.1 Å². The molecule has 1 rings (SSSR count). The summed E-state index contributed by atoms with van der Waals surface area (Å²) in [6.07, 6.45) is 0. The SMILES string of the molecule is N#Cc1cc(C(=O)O)cc(I)n1. The van der Waals surface area contributed by atoms with Crippen molar-refractivity contribution in [3.8, 4) is 6.07 Å². The molecule has 1 N–H and O–H groups in total. The second-order valence-corrected chi connectivity index (χ2v) is 3.09. The van der Waals surface area contributed by atoms with E-state index in [2.05, 4.69) is 4.98 Å². The van der Waals surface area contributed by atoms with Gasteiger partial charge in [0.05, 0.1) is 5.56 Å². The summed E-state index contributed by atoms with van der Waals surface area (Å²) in [6.45, 7) is 0. The van der Waals surface area contributed by atoms with Crippen LogP contribution < -0.4 is 0 Å². The van der Waals surface area contributed by atoms with E-state index in [9.17, 15) is 4.79 Å². The fraction of sp³-hybridized carbons (Fsp3) is 0. The molecule has 5 heteroatoms. The molecule has 12 heavy (non-hydrogen) atoms. The van der Waals surface area contributed by atoms with Gasteiger partial charge in [0.25, 0.3) is 0 Å². The summed E-state index contributed by atoms with van der Waals surface area (Å²) in [4.78, 5) is 14.3. The number of nitrogens with zero attached hydrogens (tertiary/aromatic N) is 2. The molecule has 0 aliphatic rings. The third-order valence-electron chi connectivity index (χ3n) is 1.16. The van der Waals surface area contributed by atoms with E-state index in [1.165, 1.54) is 12.1 Å². The number of hydrogen-bond donors (Lipinski definition) is 1. The van der Waals surface area contributed by atoms with Crippen molar-refractivity contribution in [1.29, 1.82) is 5.26 Å². The first-order valence-corrected chi connectivity index (χ1v) is 4.02. The maximum absolute atomic E-state index is 10.5. The number of aromatic nitrogens is 1. The van der Waals surface area contributed by atoms with Gasteiger partial charge >= 0.3 is 5.97 Å². The number of rotatable bonds is 1. The summed E-state index contributed by atoms with van der Waals surface area (Å²) in [5, 5.41) is 17.0. The Kier molecular flexibility index (Phi) is 2.60. The topological polar surface area (TPSA) is 74.0 Å². The minimum absolute atomic E-state index is 0.0888. The zero-order valence-corrected chi connectivity index (χ0v) is 7.94. The van der Waals surface area contributed by atoms with Gasteiger partial charge in [0.1, 0.15) is 15.5 Å². The smallest absolute Gasteiger partial charge is 0.335 e. The molecule has 0 atom stereocenters. The number of carbonyl (C=O) groups is 1. The van der Waals surface area contributed by atoms with Gasteiger partial charge in [-0.2, -0.15) is 5.26 Å². The molecule has 0 aromatic carbocycles. The molecular weight excluding hydrogens is 271 g/mol. The predicted molar refractivity (Wildman–Crippen MR) is 48.6 cm³/mol. The van der Waals surface area contributed by atoms with Crippen molar-refractivity contribution in [1.82, 2.24) is 4.98 Å².